The molecule has 4 rings (SSSR count). The molecule has 1 amide bonds. The minimum Gasteiger partial charge on any atom is -0.379 e. The lowest BCUT2D eigenvalue weighted by Gasteiger charge is -2.38. The lowest BCUT2D eigenvalue weighted by Crippen LogP contribution is -2.52. The molecular formula is C25H36F2N6O2. The molecule has 0 saturated carbocycles. The summed E-state index contributed by atoms with van der Waals surface area (Å²) in [7, 11) is 0. The van der Waals surface area contributed by atoms with Gasteiger partial charge in [-0.25, -0.2) is 18.8 Å². The van der Waals surface area contributed by atoms with Crippen molar-refractivity contribution in [2.75, 3.05) is 52.6 Å². The van der Waals surface area contributed by atoms with Gasteiger partial charge in [0.1, 0.15) is 24.3 Å². The second kappa shape index (κ2) is 11.4. The molecule has 3 atom stereocenters. The molecule has 4 heterocycles. The van der Waals surface area contributed by atoms with E-state index in [-0.39, 0.29) is 17.8 Å². The maximum atomic E-state index is 14.8. The van der Waals surface area contributed by atoms with E-state index in [9.17, 15) is 13.6 Å². The summed E-state index contributed by atoms with van der Waals surface area (Å²) in [6.07, 6.45) is 10.0. The zero-order chi connectivity index (χ0) is 24.8. The van der Waals surface area contributed by atoms with Crippen molar-refractivity contribution in [3.05, 3.63) is 35.8 Å². The Kier molecular flexibility index (Phi) is 8.33. The van der Waals surface area contributed by atoms with E-state index < -0.39 is 18.3 Å². The Morgan fingerprint density at radius 2 is 2.14 bits per heavy atom. The van der Waals surface area contributed by atoms with Crippen molar-refractivity contribution in [1.82, 2.24) is 20.1 Å². The summed E-state index contributed by atoms with van der Waals surface area (Å²) in [5, 5.41) is 9.18. The number of nitrogens with one attached hydrogen (secondary N) is 1. The van der Waals surface area contributed by atoms with Gasteiger partial charge in [0.15, 0.2) is 5.66 Å². The van der Waals surface area contributed by atoms with Crippen molar-refractivity contribution in [2.45, 2.75) is 44.8 Å². The second-order valence-corrected chi connectivity index (χ2v) is 9.35. The van der Waals surface area contributed by atoms with Gasteiger partial charge >= 0.3 is 0 Å². The Labute approximate surface area is 206 Å². The molecule has 0 aromatic rings. The summed E-state index contributed by atoms with van der Waals surface area (Å²) in [5.74, 6) is -0.313. The van der Waals surface area contributed by atoms with E-state index in [1.165, 1.54) is 12.2 Å². The van der Waals surface area contributed by atoms with Crippen molar-refractivity contribution in [2.24, 2.45) is 16.0 Å². The van der Waals surface area contributed by atoms with Crippen LogP contribution in [0.4, 0.5) is 8.78 Å². The van der Waals surface area contributed by atoms with Crippen LogP contribution in [0, 0.1) is 5.92 Å². The maximum Gasteiger partial charge on any atom is 0.233 e. The highest BCUT2D eigenvalue weighted by Gasteiger charge is 2.48. The SMILES string of the molecule is CC/C(=C(F)\C=C/CF)[C@H]1CCCN1C1=NC2(C)C(C(=O)NCCN3CCOCC3)C=NN2C=C1. The number of amidine groups is 1. The number of nitrogens with zero attached hydrogens (tertiary/aromatic N) is 5. The number of rotatable bonds is 8. The number of alkyl halides is 1. The molecule has 0 aromatic carbocycles. The summed E-state index contributed by atoms with van der Waals surface area (Å²) in [6.45, 7) is 8.39. The van der Waals surface area contributed by atoms with Gasteiger partial charge in [-0.2, -0.15) is 5.10 Å². The third kappa shape index (κ3) is 5.48. The molecule has 2 fully saturated rings. The Balaban J connectivity index is 1.47. The molecule has 2 unspecified atom stereocenters. The van der Waals surface area contributed by atoms with Gasteiger partial charge in [0.05, 0.1) is 19.3 Å². The molecule has 0 aromatic heterocycles. The molecule has 1 N–H and O–H groups in total. The number of hydrogen-bond acceptors (Lipinski definition) is 7. The number of allylic oxidation sites excluding steroid dienone is 3. The van der Waals surface area contributed by atoms with Crippen molar-refractivity contribution in [3.8, 4) is 0 Å². The zero-order valence-corrected chi connectivity index (χ0v) is 20.6. The van der Waals surface area contributed by atoms with E-state index in [2.05, 4.69) is 20.2 Å². The Morgan fingerprint density at radius 1 is 1.34 bits per heavy atom. The third-order valence-electron chi connectivity index (χ3n) is 7.20. The van der Waals surface area contributed by atoms with Crippen LogP contribution in [0.25, 0.3) is 0 Å². The van der Waals surface area contributed by atoms with Crippen LogP contribution in [-0.2, 0) is 9.53 Å². The van der Waals surface area contributed by atoms with Gasteiger partial charge in [-0.3, -0.25) is 9.69 Å². The number of carbonyl (C=O) groups excluding carboxylic acids is 1. The molecule has 2 saturated heterocycles. The van der Waals surface area contributed by atoms with Crippen LogP contribution in [-0.4, -0.2) is 97.1 Å². The van der Waals surface area contributed by atoms with Crippen LogP contribution in [0.1, 0.15) is 33.1 Å². The lowest BCUT2D eigenvalue weighted by molar-refractivity contribution is -0.125. The van der Waals surface area contributed by atoms with Gasteiger partial charge in [-0.15, -0.1) is 0 Å². The standard InChI is InChI=1S/C25H36F2N6O2/c1-3-19(21(27)6-4-9-26)22-7-5-11-32(22)23-8-12-33-25(2,30-23)20(18-29-33)24(34)28-10-13-31-14-16-35-17-15-31/h4,6,8,12,18,20,22H,3,5,7,9-11,13-17H2,1-2H3,(H,28,34)/b6-4-,21-19-/t20?,22-,25?/m1/s1. The number of hydrazone groups is 1. The van der Waals surface area contributed by atoms with Crippen molar-refractivity contribution < 1.29 is 18.3 Å². The quantitative estimate of drug-likeness (QED) is 0.530. The Morgan fingerprint density at radius 3 is 2.89 bits per heavy atom. The molecule has 192 valence electrons. The predicted octanol–water partition coefficient (Wildman–Crippen LogP) is 2.62. The molecular weight excluding hydrogens is 454 g/mol. The van der Waals surface area contributed by atoms with E-state index in [0.717, 1.165) is 58.1 Å². The van der Waals surface area contributed by atoms with Gasteiger partial charge in [0.25, 0.3) is 0 Å². The highest BCUT2D eigenvalue weighted by Crippen LogP contribution is 2.37. The van der Waals surface area contributed by atoms with Gasteiger partial charge in [-0.05, 0) is 43.9 Å². The first kappa shape index (κ1) is 25.5. The monoisotopic (exact) mass is 490 g/mol. The van der Waals surface area contributed by atoms with Crippen molar-refractivity contribution in [3.63, 3.8) is 0 Å². The van der Waals surface area contributed by atoms with Gasteiger partial charge in [-0.1, -0.05) is 13.0 Å². The van der Waals surface area contributed by atoms with Crippen LogP contribution in [0.2, 0.25) is 0 Å². The Hall–Kier alpha value is -2.59. The van der Waals surface area contributed by atoms with E-state index in [4.69, 9.17) is 9.73 Å². The third-order valence-corrected chi connectivity index (χ3v) is 7.20. The number of morpholine rings is 1. The molecule has 8 nitrogen and oxygen atoms in total. The number of carbonyl (C=O) groups is 1. The first-order valence-corrected chi connectivity index (χ1v) is 12.5. The van der Waals surface area contributed by atoms with E-state index in [0.29, 0.717) is 18.5 Å². The first-order valence-electron chi connectivity index (χ1n) is 12.5. The number of likely N-dealkylation sites (tertiary alicyclic amines) is 1. The number of fused-ring (bicyclic) bond motifs is 1. The average Bonchev–Trinajstić information content (AvgIpc) is 3.47. The number of hydrogen-bond donors (Lipinski definition) is 1. The van der Waals surface area contributed by atoms with Gasteiger partial charge in [0, 0.05) is 45.1 Å². The van der Waals surface area contributed by atoms with Gasteiger partial charge in [0.2, 0.25) is 5.91 Å². The molecule has 0 aliphatic carbocycles. The molecule has 4 aliphatic rings. The molecule has 35 heavy (non-hydrogen) atoms. The van der Waals surface area contributed by atoms with Crippen LogP contribution < -0.4 is 5.32 Å². The average molecular weight is 491 g/mol. The lowest BCUT2D eigenvalue weighted by atomic mass is 9.94. The number of aliphatic imine (C=N–C) groups is 1. The summed E-state index contributed by atoms with van der Waals surface area (Å²) in [4.78, 5) is 22.5. The van der Waals surface area contributed by atoms with Crippen LogP contribution in [0.15, 0.2) is 45.9 Å². The van der Waals surface area contributed by atoms with Crippen LogP contribution in [0.3, 0.4) is 0 Å². The predicted molar refractivity (Wildman–Crippen MR) is 132 cm³/mol. The van der Waals surface area contributed by atoms with Gasteiger partial charge < -0.3 is 15.0 Å². The minimum atomic E-state index is -0.886. The summed E-state index contributed by atoms with van der Waals surface area (Å²) >= 11 is 0. The highest BCUT2D eigenvalue weighted by atomic mass is 19.1. The summed E-state index contributed by atoms with van der Waals surface area (Å²) in [6, 6.07) is -0.147. The second-order valence-electron chi connectivity index (χ2n) is 9.35. The normalized spacial score (nSPS) is 29.5. The molecule has 0 radical (unpaired) electrons. The minimum absolute atomic E-state index is 0.111. The molecule has 0 spiro atoms. The summed E-state index contributed by atoms with van der Waals surface area (Å²) < 4.78 is 32.7. The highest BCUT2D eigenvalue weighted by molar-refractivity contribution is 5.99. The number of amides is 1. The smallest absolute Gasteiger partial charge is 0.233 e. The fraction of sp³-hybridized carbons (Fsp3) is 0.640. The number of ether oxygens (including phenoxy) is 1. The topological polar surface area (TPSA) is 72.8 Å². The van der Waals surface area contributed by atoms with E-state index >= 15 is 0 Å². The Bertz CT molecular complexity index is 927. The molecule has 0 bridgehead atoms. The fourth-order valence-corrected chi connectivity index (χ4v) is 5.23. The van der Waals surface area contributed by atoms with Crippen molar-refractivity contribution in [1.29, 1.82) is 0 Å². The zero-order valence-electron chi connectivity index (χ0n) is 20.6. The number of halogens is 2. The van der Waals surface area contributed by atoms with Crippen molar-refractivity contribution >= 4 is 18.0 Å². The summed E-state index contributed by atoms with van der Waals surface area (Å²) in [5.41, 5.74) is -0.237. The van der Waals surface area contributed by atoms with Crippen LogP contribution in [0.5, 0.6) is 0 Å². The molecule has 4 aliphatic heterocycles. The largest absolute Gasteiger partial charge is 0.379 e. The van der Waals surface area contributed by atoms with E-state index in [1.807, 2.05) is 26.1 Å². The fourth-order valence-electron chi connectivity index (χ4n) is 5.23. The van der Waals surface area contributed by atoms with E-state index in [1.54, 1.807) is 11.2 Å². The first-order chi connectivity index (χ1) is 17.0. The van der Waals surface area contributed by atoms with Crippen LogP contribution >= 0.6 is 0 Å². The maximum absolute atomic E-state index is 14.8. The molecule has 10 heteroatoms.